The summed E-state index contributed by atoms with van der Waals surface area (Å²) in [7, 11) is 0. The second kappa shape index (κ2) is 6.66. The molecule has 1 aromatic heterocycles. The number of hydrogen-bond acceptors (Lipinski definition) is 3. The second-order valence-corrected chi connectivity index (χ2v) is 4.97. The Morgan fingerprint density at radius 3 is 2.81 bits per heavy atom. The third-order valence-electron chi connectivity index (χ3n) is 2.56. The molecule has 4 heteroatoms. The van der Waals surface area contributed by atoms with E-state index in [-0.39, 0.29) is 18.0 Å². The van der Waals surface area contributed by atoms with Gasteiger partial charge in [-0.3, -0.25) is 4.79 Å². The summed E-state index contributed by atoms with van der Waals surface area (Å²) >= 11 is 1.71. The fourth-order valence-corrected chi connectivity index (χ4v) is 2.07. The van der Waals surface area contributed by atoms with Gasteiger partial charge in [0.25, 0.3) is 0 Å². The maximum atomic E-state index is 11.5. The molecule has 0 aromatic carbocycles. The van der Waals surface area contributed by atoms with Gasteiger partial charge in [0.15, 0.2) is 0 Å². The second-order valence-electron chi connectivity index (χ2n) is 3.99. The van der Waals surface area contributed by atoms with Crippen LogP contribution in [-0.4, -0.2) is 18.5 Å². The standard InChI is InChI=1S/C12H20N2OS/c1-4-9(2)14-12(15)8-13-10(3)11-6-5-7-16-11/h5-7,9-10,13H,4,8H2,1-3H3,(H,14,15). The Morgan fingerprint density at radius 2 is 2.25 bits per heavy atom. The molecule has 2 unspecified atom stereocenters. The van der Waals surface area contributed by atoms with Crippen LogP contribution in [0.15, 0.2) is 17.5 Å². The minimum atomic E-state index is 0.0674. The predicted molar refractivity (Wildman–Crippen MR) is 68.6 cm³/mol. The Morgan fingerprint density at radius 1 is 1.50 bits per heavy atom. The van der Waals surface area contributed by atoms with Crippen LogP contribution in [0.1, 0.15) is 38.1 Å². The van der Waals surface area contributed by atoms with Crippen LogP contribution < -0.4 is 10.6 Å². The van der Waals surface area contributed by atoms with E-state index >= 15 is 0 Å². The van der Waals surface area contributed by atoms with Crippen molar-refractivity contribution in [1.29, 1.82) is 0 Å². The van der Waals surface area contributed by atoms with E-state index in [1.165, 1.54) is 4.88 Å². The van der Waals surface area contributed by atoms with Crippen molar-refractivity contribution in [3.05, 3.63) is 22.4 Å². The molecule has 1 rings (SSSR count). The van der Waals surface area contributed by atoms with Gasteiger partial charge in [0, 0.05) is 17.0 Å². The van der Waals surface area contributed by atoms with Gasteiger partial charge in [0.1, 0.15) is 0 Å². The van der Waals surface area contributed by atoms with Crippen molar-refractivity contribution in [2.24, 2.45) is 0 Å². The van der Waals surface area contributed by atoms with Gasteiger partial charge in [-0.25, -0.2) is 0 Å². The summed E-state index contributed by atoms with van der Waals surface area (Å²) in [5, 5.41) is 8.19. The molecule has 16 heavy (non-hydrogen) atoms. The molecule has 2 N–H and O–H groups in total. The molecule has 3 nitrogen and oxygen atoms in total. The first-order chi connectivity index (χ1) is 7.63. The first kappa shape index (κ1) is 13.2. The fourth-order valence-electron chi connectivity index (χ4n) is 1.31. The van der Waals surface area contributed by atoms with Gasteiger partial charge in [0.2, 0.25) is 5.91 Å². The van der Waals surface area contributed by atoms with Gasteiger partial charge in [-0.2, -0.15) is 0 Å². The SMILES string of the molecule is CCC(C)NC(=O)CNC(C)c1cccs1. The third kappa shape index (κ3) is 4.33. The molecule has 0 fully saturated rings. The molecule has 0 aliphatic carbocycles. The Bertz CT molecular complexity index is 311. The summed E-state index contributed by atoms with van der Waals surface area (Å²) in [5.74, 6) is 0.0674. The van der Waals surface area contributed by atoms with Crippen LogP contribution in [0.2, 0.25) is 0 Å². The maximum absolute atomic E-state index is 11.5. The number of amides is 1. The van der Waals surface area contributed by atoms with Crippen molar-refractivity contribution in [3.63, 3.8) is 0 Å². The highest BCUT2D eigenvalue weighted by Gasteiger charge is 2.09. The lowest BCUT2D eigenvalue weighted by atomic mass is 10.2. The maximum Gasteiger partial charge on any atom is 0.234 e. The van der Waals surface area contributed by atoms with Crippen LogP contribution in [-0.2, 0) is 4.79 Å². The summed E-state index contributed by atoms with van der Waals surface area (Å²) in [4.78, 5) is 12.8. The molecule has 0 spiro atoms. The topological polar surface area (TPSA) is 41.1 Å². The van der Waals surface area contributed by atoms with Gasteiger partial charge in [-0.1, -0.05) is 13.0 Å². The minimum absolute atomic E-state index is 0.0674. The summed E-state index contributed by atoms with van der Waals surface area (Å²) in [6.07, 6.45) is 0.965. The normalized spacial score (nSPS) is 14.4. The van der Waals surface area contributed by atoms with Gasteiger partial charge >= 0.3 is 0 Å². The van der Waals surface area contributed by atoms with E-state index in [0.717, 1.165) is 6.42 Å². The van der Waals surface area contributed by atoms with Crippen LogP contribution in [0.4, 0.5) is 0 Å². The minimum Gasteiger partial charge on any atom is -0.353 e. The van der Waals surface area contributed by atoms with E-state index < -0.39 is 0 Å². The molecule has 0 aliphatic rings. The molecule has 1 aromatic rings. The van der Waals surface area contributed by atoms with E-state index in [1.807, 2.05) is 18.4 Å². The van der Waals surface area contributed by atoms with E-state index in [1.54, 1.807) is 11.3 Å². The van der Waals surface area contributed by atoms with Crippen molar-refractivity contribution in [1.82, 2.24) is 10.6 Å². The number of thiophene rings is 1. The van der Waals surface area contributed by atoms with Crippen molar-refractivity contribution in [2.75, 3.05) is 6.54 Å². The molecule has 90 valence electrons. The average Bonchev–Trinajstić information content (AvgIpc) is 2.79. The lowest BCUT2D eigenvalue weighted by Crippen LogP contribution is -2.39. The molecular formula is C12H20N2OS. The molecule has 0 radical (unpaired) electrons. The Hall–Kier alpha value is -0.870. The zero-order valence-corrected chi connectivity index (χ0v) is 10.9. The van der Waals surface area contributed by atoms with Gasteiger partial charge in [-0.15, -0.1) is 11.3 Å². The van der Waals surface area contributed by atoms with Crippen molar-refractivity contribution in [2.45, 2.75) is 39.3 Å². The smallest absolute Gasteiger partial charge is 0.234 e. The highest BCUT2D eigenvalue weighted by molar-refractivity contribution is 7.10. The zero-order chi connectivity index (χ0) is 12.0. The molecule has 2 atom stereocenters. The quantitative estimate of drug-likeness (QED) is 0.801. The number of carbonyl (C=O) groups excluding carboxylic acids is 1. The lowest BCUT2D eigenvalue weighted by molar-refractivity contribution is -0.120. The van der Waals surface area contributed by atoms with Gasteiger partial charge in [-0.05, 0) is 31.7 Å². The van der Waals surface area contributed by atoms with Crippen molar-refractivity contribution < 1.29 is 4.79 Å². The van der Waals surface area contributed by atoms with Crippen LogP contribution in [0.25, 0.3) is 0 Å². The molecule has 1 heterocycles. The van der Waals surface area contributed by atoms with Crippen LogP contribution in [0.5, 0.6) is 0 Å². The first-order valence-electron chi connectivity index (χ1n) is 5.69. The highest BCUT2D eigenvalue weighted by Crippen LogP contribution is 2.17. The van der Waals surface area contributed by atoms with Crippen molar-refractivity contribution in [3.8, 4) is 0 Å². The molecule has 0 aliphatic heterocycles. The molecule has 0 bridgehead atoms. The highest BCUT2D eigenvalue weighted by atomic mass is 32.1. The largest absolute Gasteiger partial charge is 0.353 e. The van der Waals surface area contributed by atoms with E-state index in [9.17, 15) is 4.79 Å². The molecule has 0 saturated carbocycles. The van der Waals surface area contributed by atoms with Crippen molar-refractivity contribution >= 4 is 17.2 Å². The third-order valence-corrected chi connectivity index (χ3v) is 3.61. The number of hydrogen-bond donors (Lipinski definition) is 2. The zero-order valence-electron chi connectivity index (χ0n) is 10.1. The summed E-state index contributed by atoms with van der Waals surface area (Å²) in [5.41, 5.74) is 0. The van der Waals surface area contributed by atoms with Crippen LogP contribution in [0, 0.1) is 0 Å². The molecular weight excluding hydrogens is 220 g/mol. The summed E-state index contributed by atoms with van der Waals surface area (Å²) in [6.45, 7) is 6.53. The predicted octanol–water partition coefficient (Wildman–Crippen LogP) is 2.31. The van der Waals surface area contributed by atoms with Crippen LogP contribution in [0.3, 0.4) is 0 Å². The summed E-state index contributed by atoms with van der Waals surface area (Å²) in [6, 6.07) is 4.60. The first-order valence-corrected chi connectivity index (χ1v) is 6.57. The van der Waals surface area contributed by atoms with Gasteiger partial charge in [0.05, 0.1) is 6.54 Å². The monoisotopic (exact) mass is 240 g/mol. The van der Waals surface area contributed by atoms with Gasteiger partial charge < -0.3 is 10.6 Å². The molecule has 1 amide bonds. The van der Waals surface area contributed by atoms with Crippen LogP contribution >= 0.6 is 11.3 Å². The average molecular weight is 240 g/mol. The fraction of sp³-hybridized carbons (Fsp3) is 0.583. The van der Waals surface area contributed by atoms with E-state index in [0.29, 0.717) is 6.54 Å². The summed E-state index contributed by atoms with van der Waals surface area (Å²) < 4.78 is 0. The van der Waals surface area contributed by atoms with E-state index in [2.05, 4.69) is 30.5 Å². The Labute approximate surface area is 101 Å². The molecule has 0 saturated heterocycles. The van der Waals surface area contributed by atoms with E-state index in [4.69, 9.17) is 0 Å². The Kier molecular flexibility index (Phi) is 5.49. The number of carbonyl (C=O) groups is 1. The number of nitrogens with one attached hydrogen (secondary N) is 2. The number of rotatable bonds is 6. The Balaban J connectivity index is 2.26. The lowest BCUT2D eigenvalue weighted by Gasteiger charge is -2.14.